The highest BCUT2D eigenvalue weighted by Gasteiger charge is 2.07. The Balaban J connectivity index is 2.06. The van der Waals surface area contributed by atoms with Gasteiger partial charge in [-0.15, -0.1) is 11.3 Å². The molecule has 0 saturated carbocycles. The van der Waals surface area contributed by atoms with Crippen LogP contribution >= 0.6 is 11.3 Å². The first-order chi connectivity index (χ1) is 9.20. The van der Waals surface area contributed by atoms with Gasteiger partial charge in [0.2, 0.25) is 0 Å². The highest BCUT2D eigenvalue weighted by Crippen LogP contribution is 2.16. The summed E-state index contributed by atoms with van der Waals surface area (Å²) in [4.78, 5) is 11.1. The van der Waals surface area contributed by atoms with E-state index in [2.05, 4.69) is 51.5 Å². The van der Waals surface area contributed by atoms with Crippen molar-refractivity contribution < 1.29 is 0 Å². The topological polar surface area (TPSA) is 41.0 Å². The van der Waals surface area contributed by atoms with Gasteiger partial charge in [0.1, 0.15) is 5.82 Å². The molecule has 102 valence electrons. The van der Waals surface area contributed by atoms with Gasteiger partial charge < -0.3 is 10.2 Å². The van der Waals surface area contributed by atoms with E-state index < -0.39 is 0 Å². The van der Waals surface area contributed by atoms with Crippen LogP contribution in [0.25, 0.3) is 0 Å². The number of aromatic nitrogens is 2. The van der Waals surface area contributed by atoms with Gasteiger partial charge in [0.05, 0.1) is 17.7 Å². The van der Waals surface area contributed by atoms with Crippen molar-refractivity contribution in [2.24, 2.45) is 0 Å². The lowest BCUT2D eigenvalue weighted by molar-refractivity contribution is 0.719. The molecule has 2 rings (SSSR count). The van der Waals surface area contributed by atoms with Crippen molar-refractivity contribution in [2.75, 3.05) is 18.5 Å². The van der Waals surface area contributed by atoms with Crippen molar-refractivity contribution in [3.63, 3.8) is 0 Å². The molecule has 0 spiro atoms. The van der Waals surface area contributed by atoms with E-state index in [-0.39, 0.29) is 0 Å². The van der Waals surface area contributed by atoms with Crippen molar-refractivity contribution in [1.29, 1.82) is 0 Å². The minimum absolute atomic E-state index is 0.794. The molecule has 1 N–H and O–H groups in total. The van der Waals surface area contributed by atoms with E-state index in [9.17, 15) is 0 Å². The molecule has 19 heavy (non-hydrogen) atoms. The van der Waals surface area contributed by atoms with Gasteiger partial charge in [-0.1, -0.05) is 13.0 Å². The monoisotopic (exact) mass is 276 g/mol. The van der Waals surface area contributed by atoms with Crippen LogP contribution in [-0.2, 0) is 13.1 Å². The van der Waals surface area contributed by atoms with Crippen LogP contribution in [0.2, 0.25) is 0 Å². The maximum Gasteiger partial charge on any atom is 0.128 e. The largest absolute Gasteiger partial charge is 0.354 e. The highest BCUT2D eigenvalue weighted by molar-refractivity contribution is 7.07. The Morgan fingerprint density at radius 2 is 2.21 bits per heavy atom. The summed E-state index contributed by atoms with van der Waals surface area (Å²) in [6.07, 6.45) is 0. The number of hydrogen-bond acceptors (Lipinski definition) is 5. The predicted molar refractivity (Wildman–Crippen MR) is 80.6 cm³/mol. The highest BCUT2D eigenvalue weighted by atomic mass is 32.1. The average Bonchev–Trinajstić information content (AvgIpc) is 2.90. The molecule has 0 aliphatic carbocycles. The summed E-state index contributed by atoms with van der Waals surface area (Å²) in [6, 6.07) is 4.23. The second kappa shape index (κ2) is 6.63. The maximum atomic E-state index is 4.67. The van der Waals surface area contributed by atoms with Crippen molar-refractivity contribution >= 4 is 17.2 Å². The molecular formula is C14H20N4S. The average molecular weight is 276 g/mol. The second-order valence-corrected chi connectivity index (χ2v) is 5.25. The van der Waals surface area contributed by atoms with Gasteiger partial charge in [-0.25, -0.2) is 9.97 Å². The molecule has 0 amide bonds. The van der Waals surface area contributed by atoms with Crippen LogP contribution in [0.4, 0.5) is 5.82 Å². The van der Waals surface area contributed by atoms with Gasteiger partial charge in [0.25, 0.3) is 0 Å². The van der Waals surface area contributed by atoms with Crippen molar-refractivity contribution in [1.82, 2.24) is 15.3 Å². The van der Waals surface area contributed by atoms with E-state index in [1.165, 1.54) is 5.56 Å². The number of nitrogens with one attached hydrogen (secondary N) is 1. The van der Waals surface area contributed by atoms with Crippen LogP contribution in [-0.4, -0.2) is 23.6 Å². The second-order valence-electron chi connectivity index (χ2n) is 4.53. The van der Waals surface area contributed by atoms with E-state index in [4.69, 9.17) is 0 Å². The Bertz CT molecular complexity index is 510. The van der Waals surface area contributed by atoms with E-state index in [1.807, 2.05) is 12.6 Å². The molecule has 0 radical (unpaired) electrons. The summed E-state index contributed by atoms with van der Waals surface area (Å²) in [5.74, 6) is 0.991. The number of anilines is 1. The fraction of sp³-hybridized carbons (Fsp3) is 0.429. The SMILES string of the molecule is CCNCc1ccc(N(C)Cc2cscn2)nc1C. The molecular weight excluding hydrogens is 256 g/mol. The van der Waals surface area contributed by atoms with E-state index in [0.717, 1.165) is 36.8 Å². The van der Waals surface area contributed by atoms with Gasteiger partial charge in [-0.05, 0) is 25.1 Å². The zero-order valence-electron chi connectivity index (χ0n) is 11.7. The maximum absolute atomic E-state index is 4.67. The zero-order valence-corrected chi connectivity index (χ0v) is 12.5. The van der Waals surface area contributed by atoms with Crippen LogP contribution in [0, 0.1) is 6.92 Å². The Morgan fingerprint density at radius 1 is 1.37 bits per heavy atom. The number of aryl methyl sites for hydroxylation is 1. The third-order valence-electron chi connectivity index (χ3n) is 3.02. The fourth-order valence-electron chi connectivity index (χ4n) is 1.88. The van der Waals surface area contributed by atoms with Crippen LogP contribution in [0.3, 0.4) is 0 Å². The van der Waals surface area contributed by atoms with E-state index in [0.29, 0.717) is 0 Å². The van der Waals surface area contributed by atoms with Gasteiger partial charge in [-0.2, -0.15) is 0 Å². The molecule has 2 aromatic rings. The first-order valence-corrected chi connectivity index (χ1v) is 7.40. The molecule has 0 aromatic carbocycles. The Kier molecular flexibility index (Phi) is 4.87. The van der Waals surface area contributed by atoms with E-state index >= 15 is 0 Å². The Hall–Kier alpha value is -1.46. The number of thiazole rings is 1. The molecule has 0 fully saturated rings. The summed E-state index contributed by atoms with van der Waals surface area (Å²) < 4.78 is 0. The Morgan fingerprint density at radius 3 is 2.84 bits per heavy atom. The molecule has 0 bridgehead atoms. The molecule has 2 aromatic heterocycles. The lowest BCUT2D eigenvalue weighted by Crippen LogP contribution is -2.19. The molecule has 4 nitrogen and oxygen atoms in total. The van der Waals surface area contributed by atoms with Crippen LogP contribution < -0.4 is 10.2 Å². The Labute approximate surface area is 118 Å². The third-order valence-corrected chi connectivity index (χ3v) is 3.66. The van der Waals surface area contributed by atoms with Crippen LogP contribution in [0.15, 0.2) is 23.0 Å². The normalized spacial score (nSPS) is 10.7. The summed E-state index contributed by atoms with van der Waals surface area (Å²) in [5, 5.41) is 5.40. The van der Waals surface area contributed by atoms with Gasteiger partial charge >= 0.3 is 0 Å². The zero-order chi connectivity index (χ0) is 13.7. The van der Waals surface area contributed by atoms with Gasteiger partial charge in [-0.3, -0.25) is 0 Å². The minimum Gasteiger partial charge on any atom is -0.354 e. The molecule has 0 aliphatic rings. The van der Waals surface area contributed by atoms with E-state index in [1.54, 1.807) is 11.3 Å². The van der Waals surface area contributed by atoms with Crippen LogP contribution in [0.5, 0.6) is 0 Å². The molecule has 0 saturated heterocycles. The standard InChI is InChI=1S/C14H20N4S/c1-4-15-7-12-5-6-14(17-11(12)2)18(3)8-13-9-19-10-16-13/h5-6,9-10,15H,4,7-8H2,1-3H3. The van der Waals surface area contributed by atoms with Crippen molar-refractivity contribution in [3.8, 4) is 0 Å². The number of hydrogen-bond donors (Lipinski definition) is 1. The van der Waals surface area contributed by atoms with Crippen LogP contribution in [0.1, 0.15) is 23.9 Å². The third kappa shape index (κ3) is 3.75. The number of rotatable bonds is 6. The molecule has 2 heterocycles. The summed E-state index contributed by atoms with van der Waals surface area (Å²) in [5.41, 5.74) is 5.29. The number of pyridine rings is 1. The lowest BCUT2D eigenvalue weighted by Gasteiger charge is -2.18. The molecule has 0 atom stereocenters. The molecule has 0 unspecified atom stereocenters. The first-order valence-electron chi connectivity index (χ1n) is 6.46. The summed E-state index contributed by atoms with van der Waals surface area (Å²) >= 11 is 1.62. The quantitative estimate of drug-likeness (QED) is 0.880. The smallest absolute Gasteiger partial charge is 0.128 e. The van der Waals surface area contributed by atoms with Crippen molar-refractivity contribution in [2.45, 2.75) is 26.9 Å². The molecule has 0 aliphatic heterocycles. The minimum atomic E-state index is 0.794. The first kappa shape index (κ1) is 14.0. The summed E-state index contributed by atoms with van der Waals surface area (Å²) in [7, 11) is 2.05. The fourth-order valence-corrected chi connectivity index (χ4v) is 2.42. The van der Waals surface area contributed by atoms with Gasteiger partial charge in [0, 0.05) is 24.7 Å². The van der Waals surface area contributed by atoms with Crippen molar-refractivity contribution in [3.05, 3.63) is 40.0 Å². The van der Waals surface area contributed by atoms with Gasteiger partial charge in [0.15, 0.2) is 0 Å². The summed E-state index contributed by atoms with van der Waals surface area (Å²) in [6.45, 7) is 6.82. The number of nitrogens with zero attached hydrogens (tertiary/aromatic N) is 3. The predicted octanol–water partition coefficient (Wildman–Crippen LogP) is 2.59. The molecule has 5 heteroatoms. The lowest BCUT2D eigenvalue weighted by atomic mass is 10.2.